The van der Waals surface area contributed by atoms with Gasteiger partial charge < -0.3 is 5.11 Å². The summed E-state index contributed by atoms with van der Waals surface area (Å²) in [5.41, 5.74) is 3.55. The van der Waals surface area contributed by atoms with E-state index >= 15 is 0 Å². The molecule has 0 unspecified atom stereocenters. The monoisotopic (exact) mass is 337 g/mol. The van der Waals surface area contributed by atoms with E-state index in [1.54, 1.807) is 12.3 Å². The van der Waals surface area contributed by atoms with Crippen LogP contribution in [-0.4, -0.2) is 11.3 Å². The van der Waals surface area contributed by atoms with Gasteiger partial charge in [-0.15, -0.1) is 0 Å². The van der Waals surface area contributed by atoms with Crippen LogP contribution in [0.3, 0.4) is 0 Å². The number of phenolic OH excluding ortho intramolecular Hbond substituents is 1. The lowest BCUT2D eigenvalue weighted by Crippen LogP contribution is -1.86. The molecule has 0 aliphatic carbocycles. The molecule has 0 aliphatic heterocycles. The van der Waals surface area contributed by atoms with Gasteiger partial charge in [-0.25, -0.2) is 0 Å². The largest absolute Gasteiger partial charge is 0.506 e. The Morgan fingerprint density at radius 3 is 2.68 bits per heavy atom. The fraction of sp³-hybridized carbons (Fsp3) is 0.133. The van der Waals surface area contributed by atoms with Crippen LogP contribution >= 0.6 is 27.5 Å². The van der Waals surface area contributed by atoms with Crippen molar-refractivity contribution in [2.45, 2.75) is 13.8 Å². The second kappa shape index (κ2) is 5.76. The van der Waals surface area contributed by atoms with Crippen molar-refractivity contribution in [3.8, 4) is 5.75 Å². The molecular weight excluding hydrogens is 326 g/mol. The minimum atomic E-state index is 0.189. The fourth-order valence-electron chi connectivity index (χ4n) is 1.72. The molecule has 0 saturated heterocycles. The third kappa shape index (κ3) is 3.37. The average Bonchev–Trinajstić information content (AvgIpc) is 2.35. The summed E-state index contributed by atoms with van der Waals surface area (Å²) in [5, 5.41) is 10.6. The van der Waals surface area contributed by atoms with Crippen LogP contribution in [0.5, 0.6) is 5.75 Å². The van der Waals surface area contributed by atoms with Gasteiger partial charge in [0, 0.05) is 16.8 Å². The van der Waals surface area contributed by atoms with Crippen LogP contribution in [0.4, 0.5) is 5.69 Å². The Labute approximate surface area is 125 Å². The summed E-state index contributed by atoms with van der Waals surface area (Å²) in [6, 6.07) is 9.29. The summed E-state index contributed by atoms with van der Waals surface area (Å²) in [6.45, 7) is 3.93. The van der Waals surface area contributed by atoms with Crippen molar-refractivity contribution in [1.29, 1.82) is 0 Å². The molecule has 2 aromatic rings. The molecule has 2 aromatic carbocycles. The van der Waals surface area contributed by atoms with Gasteiger partial charge in [-0.05, 0) is 65.2 Å². The zero-order valence-electron chi connectivity index (χ0n) is 10.6. The van der Waals surface area contributed by atoms with Crippen LogP contribution in [0, 0.1) is 13.8 Å². The summed E-state index contributed by atoms with van der Waals surface area (Å²) in [6.07, 6.45) is 1.64. The Kier molecular flexibility index (Phi) is 4.27. The Hall–Kier alpha value is -1.32. The van der Waals surface area contributed by atoms with Gasteiger partial charge in [-0.3, -0.25) is 4.99 Å². The quantitative estimate of drug-likeness (QED) is 0.752. The van der Waals surface area contributed by atoms with Crippen LogP contribution in [0.25, 0.3) is 0 Å². The number of benzene rings is 2. The molecule has 0 radical (unpaired) electrons. The van der Waals surface area contributed by atoms with E-state index in [4.69, 9.17) is 11.6 Å². The molecule has 2 rings (SSSR count). The first-order valence-electron chi connectivity index (χ1n) is 5.76. The van der Waals surface area contributed by atoms with E-state index in [-0.39, 0.29) is 5.75 Å². The van der Waals surface area contributed by atoms with E-state index in [2.05, 4.69) is 20.9 Å². The van der Waals surface area contributed by atoms with E-state index in [9.17, 15) is 5.11 Å². The molecular formula is C15H13BrClNO. The number of nitrogens with zero attached hydrogens (tertiary/aromatic N) is 1. The van der Waals surface area contributed by atoms with Gasteiger partial charge in [-0.1, -0.05) is 17.7 Å². The van der Waals surface area contributed by atoms with Crippen LogP contribution in [0.1, 0.15) is 16.7 Å². The van der Waals surface area contributed by atoms with Crippen LogP contribution in [0.15, 0.2) is 39.8 Å². The molecule has 0 amide bonds. The van der Waals surface area contributed by atoms with E-state index in [0.717, 1.165) is 16.8 Å². The molecule has 0 atom stereocenters. The first kappa shape index (κ1) is 14.1. The van der Waals surface area contributed by atoms with Crippen molar-refractivity contribution in [2.24, 2.45) is 4.99 Å². The van der Waals surface area contributed by atoms with E-state index in [0.29, 0.717) is 15.1 Å². The highest BCUT2D eigenvalue weighted by Crippen LogP contribution is 2.29. The molecule has 1 N–H and O–H groups in total. The maximum atomic E-state index is 9.96. The van der Waals surface area contributed by atoms with Gasteiger partial charge in [-0.2, -0.15) is 0 Å². The predicted octanol–water partition coefficient (Wildman–Crippen LogP) is 5.18. The number of aliphatic imine (C=N–C) groups is 1. The number of aryl methyl sites for hydroxylation is 2. The molecule has 0 saturated carbocycles. The standard InChI is InChI=1S/C15H13BrClNO/c1-9-5-11(15(19)13(16)6-9)8-18-14-7-12(17)4-3-10(14)2/h3-8,19H,1-2H3. The van der Waals surface area contributed by atoms with Crippen molar-refractivity contribution in [3.63, 3.8) is 0 Å². The minimum absolute atomic E-state index is 0.189. The molecule has 0 fully saturated rings. The number of hydrogen-bond acceptors (Lipinski definition) is 2. The summed E-state index contributed by atoms with van der Waals surface area (Å²) in [5.74, 6) is 0.189. The molecule has 0 spiro atoms. The van der Waals surface area contributed by atoms with Gasteiger partial charge in [0.15, 0.2) is 0 Å². The Bertz CT molecular complexity index is 653. The van der Waals surface area contributed by atoms with Crippen molar-refractivity contribution in [2.75, 3.05) is 0 Å². The predicted molar refractivity (Wildman–Crippen MR) is 84.0 cm³/mol. The Morgan fingerprint density at radius 1 is 1.21 bits per heavy atom. The van der Waals surface area contributed by atoms with Gasteiger partial charge in [0.2, 0.25) is 0 Å². The normalized spacial score (nSPS) is 11.2. The number of hydrogen-bond donors (Lipinski definition) is 1. The number of aromatic hydroxyl groups is 1. The molecule has 2 nitrogen and oxygen atoms in total. The third-order valence-corrected chi connectivity index (χ3v) is 3.59. The van der Waals surface area contributed by atoms with E-state index < -0.39 is 0 Å². The molecule has 19 heavy (non-hydrogen) atoms. The lowest BCUT2D eigenvalue weighted by Gasteiger charge is -2.04. The third-order valence-electron chi connectivity index (χ3n) is 2.75. The molecule has 98 valence electrons. The van der Waals surface area contributed by atoms with Crippen LogP contribution in [-0.2, 0) is 0 Å². The van der Waals surface area contributed by atoms with Crippen LogP contribution < -0.4 is 0 Å². The zero-order chi connectivity index (χ0) is 14.0. The van der Waals surface area contributed by atoms with E-state index in [1.807, 2.05) is 38.1 Å². The first-order chi connectivity index (χ1) is 8.97. The van der Waals surface area contributed by atoms with Crippen molar-refractivity contribution in [3.05, 3.63) is 56.5 Å². The summed E-state index contributed by atoms with van der Waals surface area (Å²) >= 11 is 9.27. The second-order valence-electron chi connectivity index (χ2n) is 4.37. The highest BCUT2D eigenvalue weighted by molar-refractivity contribution is 9.10. The molecule has 0 aliphatic rings. The zero-order valence-corrected chi connectivity index (χ0v) is 13.0. The van der Waals surface area contributed by atoms with Gasteiger partial charge in [0.25, 0.3) is 0 Å². The summed E-state index contributed by atoms with van der Waals surface area (Å²) in [4.78, 5) is 4.39. The lowest BCUT2D eigenvalue weighted by atomic mass is 10.1. The molecule has 0 heterocycles. The Balaban J connectivity index is 2.40. The van der Waals surface area contributed by atoms with Gasteiger partial charge in [0.1, 0.15) is 5.75 Å². The topological polar surface area (TPSA) is 32.6 Å². The Morgan fingerprint density at radius 2 is 1.95 bits per heavy atom. The second-order valence-corrected chi connectivity index (χ2v) is 5.66. The first-order valence-corrected chi connectivity index (χ1v) is 6.94. The average molecular weight is 339 g/mol. The van der Waals surface area contributed by atoms with Gasteiger partial charge >= 0.3 is 0 Å². The smallest absolute Gasteiger partial charge is 0.138 e. The fourth-order valence-corrected chi connectivity index (χ4v) is 2.48. The molecule has 4 heteroatoms. The number of phenols is 1. The van der Waals surface area contributed by atoms with Crippen molar-refractivity contribution < 1.29 is 5.11 Å². The maximum absolute atomic E-state index is 9.96. The summed E-state index contributed by atoms with van der Waals surface area (Å²) in [7, 11) is 0. The van der Waals surface area contributed by atoms with Crippen molar-refractivity contribution >= 4 is 39.4 Å². The maximum Gasteiger partial charge on any atom is 0.138 e. The van der Waals surface area contributed by atoms with E-state index in [1.165, 1.54) is 0 Å². The SMILES string of the molecule is Cc1cc(Br)c(O)c(C=Nc2cc(Cl)ccc2C)c1. The highest BCUT2D eigenvalue weighted by atomic mass is 79.9. The molecule has 0 bridgehead atoms. The molecule has 0 aromatic heterocycles. The van der Waals surface area contributed by atoms with Crippen LogP contribution in [0.2, 0.25) is 5.02 Å². The summed E-state index contributed by atoms with van der Waals surface area (Å²) < 4.78 is 0.664. The van der Waals surface area contributed by atoms with Crippen molar-refractivity contribution in [1.82, 2.24) is 0 Å². The number of rotatable bonds is 2. The minimum Gasteiger partial charge on any atom is -0.506 e. The number of halogens is 2. The highest BCUT2D eigenvalue weighted by Gasteiger charge is 2.05. The van der Waals surface area contributed by atoms with Gasteiger partial charge in [0.05, 0.1) is 10.2 Å². The lowest BCUT2D eigenvalue weighted by molar-refractivity contribution is 0.471.